The molecule has 22 heavy (non-hydrogen) atoms. The van der Waals surface area contributed by atoms with E-state index in [0.29, 0.717) is 5.75 Å². The monoisotopic (exact) mass is 303 g/mol. The van der Waals surface area contributed by atoms with Gasteiger partial charge in [0, 0.05) is 23.9 Å². The van der Waals surface area contributed by atoms with Gasteiger partial charge in [-0.05, 0) is 30.4 Å². The minimum Gasteiger partial charge on any atom is -0.507 e. The number of aromatic hydroxyl groups is 1. The normalized spacial score (nSPS) is 12.2. The molecule has 0 radical (unpaired) electrons. The Morgan fingerprint density at radius 2 is 1.68 bits per heavy atom. The predicted molar refractivity (Wildman–Crippen MR) is 97.4 cm³/mol. The summed E-state index contributed by atoms with van der Waals surface area (Å²) >= 11 is 0. The van der Waals surface area contributed by atoms with Crippen LogP contribution in [0, 0.1) is 6.92 Å². The molecule has 0 saturated carbocycles. The van der Waals surface area contributed by atoms with Crippen molar-refractivity contribution in [3.8, 4) is 5.75 Å². The lowest BCUT2D eigenvalue weighted by molar-refractivity contribution is 0.445. The van der Waals surface area contributed by atoms with E-state index in [2.05, 4.69) is 45.7 Å². The fourth-order valence-electron chi connectivity index (χ4n) is 2.62. The third kappa shape index (κ3) is 6.21. The predicted octanol–water partition coefficient (Wildman–Crippen LogP) is 5.78. The maximum Gasteiger partial charge on any atom is 0.128 e. The van der Waals surface area contributed by atoms with Gasteiger partial charge >= 0.3 is 0 Å². The summed E-state index contributed by atoms with van der Waals surface area (Å²) in [6, 6.07) is 4.08. The van der Waals surface area contributed by atoms with E-state index >= 15 is 0 Å². The third-order valence-corrected chi connectivity index (χ3v) is 3.96. The van der Waals surface area contributed by atoms with Gasteiger partial charge in [-0.3, -0.25) is 4.99 Å². The number of unbranched alkanes of at least 4 members (excludes halogenated alkanes) is 5. The smallest absolute Gasteiger partial charge is 0.128 e. The van der Waals surface area contributed by atoms with Gasteiger partial charge in [-0.15, -0.1) is 0 Å². The van der Waals surface area contributed by atoms with Crippen LogP contribution >= 0.6 is 0 Å². The van der Waals surface area contributed by atoms with Crippen molar-refractivity contribution in [2.75, 3.05) is 6.54 Å². The molecule has 0 bridgehead atoms. The van der Waals surface area contributed by atoms with Gasteiger partial charge in [-0.1, -0.05) is 65.9 Å². The minimum atomic E-state index is -0.0576. The van der Waals surface area contributed by atoms with E-state index in [1.54, 1.807) is 0 Å². The van der Waals surface area contributed by atoms with Gasteiger partial charge in [-0.25, -0.2) is 0 Å². The van der Waals surface area contributed by atoms with Gasteiger partial charge < -0.3 is 5.11 Å². The molecule has 1 aromatic rings. The minimum absolute atomic E-state index is 0.0576. The molecule has 0 aliphatic rings. The van der Waals surface area contributed by atoms with Crippen molar-refractivity contribution >= 4 is 6.21 Å². The van der Waals surface area contributed by atoms with Crippen LogP contribution in [0.25, 0.3) is 0 Å². The molecular weight excluding hydrogens is 270 g/mol. The van der Waals surface area contributed by atoms with Crippen LogP contribution in [0.15, 0.2) is 17.1 Å². The summed E-state index contributed by atoms with van der Waals surface area (Å²) in [4.78, 5) is 4.50. The lowest BCUT2D eigenvalue weighted by atomic mass is 9.84. The molecule has 0 saturated heterocycles. The molecule has 2 heteroatoms. The topological polar surface area (TPSA) is 32.6 Å². The Hall–Kier alpha value is -1.31. The SMILES string of the molecule is CCCCCCCCN=Cc1cc(C)cc(C(C)(C)C)c1O. The van der Waals surface area contributed by atoms with E-state index in [0.717, 1.165) is 24.1 Å². The summed E-state index contributed by atoms with van der Waals surface area (Å²) in [6.45, 7) is 11.5. The number of aliphatic imine (C=N–C) groups is 1. The number of nitrogens with zero attached hydrogens (tertiary/aromatic N) is 1. The van der Waals surface area contributed by atoms with Crippen LogP contribution in [0.1, 0.15) is 82.9 Å². The molecule has 0 aromatic heterocycles. The second-order valence-electron chi connectivity index (χ2n) is 7.30. The lowest BCUT2D eigenvalue weighted by Gasteiger charge is -2.22. The number of rotatable bonds is 8. The second-order valence-corrected chi connectivity index (χ2v) is 7.30. The van der Waals surface area contributed by atoms with E-state index in [9.17, 15) is 5.11 Å². The molecule has 2 nitrogen and oxygen atoms in total. The Bertz CT molecular complexity index is 483. The summed E-state index contributed by atoms with van der Waals surface area (Å²) in [7, 11) is 0. The molecule has 0 atom stereocenters. The Balaban J connectivity index is 2.59. The van der Waals surface area contributed by atoms with E-state index in [4.69, 9.17) is 0 Å². The number of phenols is 1. The molecular formula is C20H33NO. The van der Waals surface area contributed by atoms with Gasteiger partial charge in [-0.2, -0.15) is 0 Å². The first-order valence-electron chi connectivity index (χ1n) is 8.70. The largest absolute Gasteiger partial charge is 0.507 e. The summed E-state index contributed by atoms with van der Waals surface area (Å²) in [6.07, 6.45) is 9.52. The van der Waals surface area contributed by atoms with Gasteiger partial charge in [0.15, 0.2) is 0 Å². The Labute approximate surface area is 136 Å². The highest BCUT2D eigenvalue weighted by atomic mass is 16.3. The van der Waals surface area contributed by atoms with Gasteiger partial charge in [0.2, 0.25) is 0 Å². The maximum absolute atomic E-state index is 10.5. The van der Waals surface area contributed by atoms with E-state index in [1.165, 1.54) is 37.7 Å². The number of hydrogen-bond donors (Lipinski definition) is 1. The molecule has 0 aliphatic heterocycles. The van der Waals surface area contributed by atoms with Crippen LogP contribution in [0.4, 0.5) is 0 Å². The van der Waals surface area contributed by atoms with Crippen molar-refractivity contribution in [1.82, 2.24) is 0 Å². The summed E-state index contributed by atoms with van der Waals surface area (Å²) in [5.41, 5.74) is 2.95. The highest BCUT2D eigenvalue weighted by molar-refractivity contribution is 5.84. The summed E-state index contributed by atoms with van der Waals surface area (Å²) < 4.78 is 0. The molecule has 1 N–H and O–H groups in total. The van der Waals surface area contributed by atoms with Crippen LogP contribution < -0.4 is 0 Å². The summed E-state index contributed by atoms with van der Waals surface area (Å²) in [5, 5.41) is 10.5. The second kappa shape index (κ2) is 8.97. The molecule has 124 valence electrons. The molecule has 0 fully saturated rings. The van der Waals surface area contributed by atoms with Crippen LogP contribution in [-0.4, -0.2) is 17.9 Å². The highest BCUT2D eigenvalue weighted by Gasteiger charge is 2.20. The number of benzene rings is 1. The quantitative estimate of drug-likeness (QED) is 0.479. The van der Waals surface area contributed by atoms with Crippen molar-refractivity contribution in [2.45, 2.75) is 78.6 Å². The molecule has 1 rings (SSSR count). The van der Waals surface area contributed by atoms with Crippen LogP contribution in [0.5, 0.6) is 5.75 Å². The molecule has 0 aliphatic carbocycles. The van der Waals surface area contributed by atoms with Crippen molar-refractivity contribution in [1.29, 1.82) is 0 Å². The Morgan fingerprint density at radius 3 is 2.32 bits per heavy atom. The van der Waals surface area contributed by atoms with Crippen LogP contribution in [-0.2, 0) is 5.41 Å². The first kappa shape index (κ1) is 18.7. The average Bonchev–Trinajstić information content (AvgIpc) is 2.43. The first-order chi connectivity index (χ1) is 10.4. The van der Waals surface area contributed by atoms with Gasteiger partial charge in [0.1, 0.15) is 5.75 Å². The van der Waals surface area contributed by atoms with Crippen molar-refractivity contribution in [3.05, 3.63) is 28.8 Å². The number of aryl methyl sites for hydroxylation is 1. The van der Waals surface area contributed by atoms with E-state index in [-0.39, 0.29) is 5.41 Å². The molecule has 0 heterocycles. The molecule has 0 amide bonds. The Morgan fingerprint density at radius 1 is 1.05 bits per heavy atom. The van der Waals surface area contributed by atoms with Gasteiger partial charge in [0.25, 0.3) is 0 Å². The maximum atomic E-state index is 10.5. The first-order valence-corrected chi connectivity index (χ1v) is 8.70. The summed E-state index contributed by atoms with van der Waals surface area (Å²) in [5.74, 6) is 0.379. The average molecular weight is 303 g/mol. The zero-order chi connectivity index (χ0) is 16.6. The molecule has 0 spiro atoms. The van der Waals surface area contributed by atoms with Gasteiger partial charge in [0.05, 0.1) is 0 Å². The standard InChI is InChI=1S/C20H33NO/c1-6-7-8-9-10-11-12-21-15-17-13-16(2)14-18(19(17)22)20(3,4)5/h13-15,22H,6-12H2,1-5H3. The number of phenolic OH excluding ortho intramolecular Hbond substituents is 1. The fourth-order valence-corrected chi connectivity index (χ4v) is 2.62. The van der Waals surface area contributed by atoms with Crippen LogP contribution in [0.2, 0.25) is 0 Å². The Kier molecular flexibility index (Phi) is 7.64. The molecule has 0 unspecified atom stereocenters. The lowest BCUT2D eigenvalue weighted by Crippen LogP contribution is -2.12. The van der Waals surface area contributed by atoms with Crippen molar-refractivity contribution in [3.63, 3.8) is 0 Å². The third-order valence-electron chi connectivity index (χ3n) is 3.96. The zero-order valence-corrected chi connectivity index (χ0v) is 15.1. The van der Waals surface area contributed by atoms with E-state index < -0.39 is 0 Å². The fraction of sp³-hybridized carbons (Fsp3) is 0.650. The molecule has 1 aromatic carbocycles. The van der Waals surface area contributed by atoms with Crippen molar-refractivity contribution < 1.29 is 5.11 Å². The highest BCUT2D eigenvalue weighted by Crippen LogP contribution is 2.33. The number of hydrogen-bond acceptors (Lipinski definition) is 2. The van der Waals surface area contributed by atoms with E-state index in [1.807, 2.05) is 12.3 Å². The van der Waals surface area contributed by atoms with Crippen LogP contribution in [0.3, 0.4) is 0 Å². The zero-order valence-electron chi connectivity index (χ0n) is 15.1. The van der Waals surface area contributed by atoms with Crippen molar-refractivity contribution in [2.24, 2.45) is 4.99 Å².